The van der Waals surface area contributed by atoms with Gasteiger partial charge in [0.1, 0.15) is 0 Å². The lowest BCUT2D eigenvalue weighted by Crippen LogP contribution is -2.26. The van der Waals surface area contributed by atoms with Crippen LogP contribution in [0.15, 0.2) is 22.3 Å². The van der Waals surface area contributed by atoms with Gasteiger partial charge < -0.3 is 5.32 Å². The fraction of sp³-hybridized carbons (Fsp3) is 0.462. The summed E-state index contributed by atoms with van der Waals surface area (Å²) in [4.78, 5) is 5.90. The predicted molar refractivity (Wildman–Crippen MR) is 73.8 cm³/mol. The average Bonchev–Trinajstić information content (AvgIpc) is 2.99. The van der Waals surface area contributed by atoms with E-state index in [2.05, 4.69) is 27.1 Å². The van der Waals surface area contributed by atoms with Crippen LogP contribution in [-0.2, 0) is 12.8 Å². The average molecular weight is 264 g/mol. The lowest BCUT2D eigenvalue weighted by atomic mass is 9.94. The molecule has 2 aromatic heterocycles. The van der Waals surface area contributed by atoms with Crippen molar-refractivity contribution in [2.75, 3.05) is 6.54 Å². The quantitative estimate of drug-likeness (QED) is 0.915. The van der Waals surface area contributed by atoms with Crippen molar-refractivity contribution < 1.29 is 0 Å². The normalized spacial score (nSPS) is 19.2. The molecule has 0 amide bonds. The third-order valence-electron chi connectivity index (χ3n) is 3.31. The first-order chi connectivity index (χ1) is 8.43. The van der Waals surface area contributed by atoms with Gasteiger partial charge in [-0.3, -0.25) is 0 Å². The van der Waals surface area contributed by atoms with Gasteiger partial charge in [0.15, 0.2) is 0 Å². The first-order valence-corrected chi connectivity index (χ1v) is 7.92. The number of thiazole rings is 1. The highest BCUT2D eigenvalue weighted by molar-refractivity contribution is 7.10. The van der Waals surface area contributed by atoms with E-state index >= 15 is 0 Å². The van der Waals surface area contributed by atoms with Gasteiger partial charge in [0.2, 0.25) is 0 Å². The van der Waals surface area contributed by atoms with Gasteiger partial charge >= 0.3 is 0 Å². The van der Waals surface area contributed by atoms with E-state index in [1.807, 2.05) is 16.8 Å². The van der Waals surface area contributed by atoms with Gasteiger partial charge in [-0.15, -0.1) is 22.7 Å². The molecule has 0 saturated carbocycles. The number of nitrogens with zero attached hydrogens (tertiary/aromatic N) is 1. The minimum atomic E-state index is 0.573. The lowest BCUT2D eigenvalue weighted by molar-refractivity contribution is 0.466. The zero-order chi connectivity index (χ0) is 11.5. The molecule has 1 atom stereocenters. The molecule has 0 radical (unpaired) electrons. The van der Waals surface area contributed by atoms with Gasteiger partial charge in [-0.1, -0.05) is 0 Å². The van der Waals surface area contributed by atoms with Crippen molar-refractivity contribution >= 4 is 22.7 Å². The molecule has 2 nitrogen and oxygen atoms in total. The number of hydrogen-bond donors (Lipinski definition) is 1. The number of hydrogen-bond acceptors (Lipinski definition) is 4. The van der Waals surface area contributed by atoms with E-state index in [0.717, 1.165) is 13.0 Å². The van der Waals surface area contributed by atoms with Gasteiger partial charge in [0.25, 0.3) is 0 Å². The molecule has 4 heteroatoms. The Morgan fingerprint density at radius 3 is 3.35 bits per heavy atom. The van der Waals surface area contributed by atoms with E-state index in [1.54, 1.807) is 21.8 Å². The Bertz CT molecular complexity index is 461. The second-order valence-corrected chi connectivity index (χ2v) is 6.15. The molecule has 0 fully saturated rings. The molecule has 1 unspecified atom stereocenters. The highest BCUT2D eigenvalue weighted by Crippen LogP contribution is 2.33. The Labute approximate surface area is 110 Å². The Hall–Kier alpha value is -0.710. The van der Waals surface area contributed by atoms with E-state index in [1.165, 1.54) is 25.0 Å². The molecule has 2 heterocycles. The molecule has 3 rings (SSSR count). The van der Waals surface area contributed by atoms with Crippen LogP contribution >= 0.6 is 22.7 Å². The van der Waals surface area contributed by atoms with Crippen molar-refractivity contribution in [2.45, 2.75) is 31.7 Å². The minimum absolute atomic E-state index is 0.573. The molecule has 0 saturated heterocycles. The van der Waals surface area contributed by atoms with Crippen LogP contribution in [0.3, 0.4) is 0 Å². The molecule has 0 aromatic carbocycles. The second-order valence-electron chi connectivity index (χ2n) is 4.43. The molecular formula is C13H16N2S2. The Morgan fingerprint density at radius 1 is 1.47 bits per heavy atom. The summed E-state index contributed by atoms with van der Waals surface area (Å²) in [6, 6.07) is 2.86. The molecule has 0 spiro atoms. The molecule has 17 heavy (non-hydrogen) atoms. The van der Waals surface area contributed by atoms with Crippen LogP contribution in [-0.4, -0.2) is 11.5 Å². The van der Waals surface area contributed by atoms with Gasteiger partial charge in [-0.2, -0.15) is 0 Å². The van der Waals surface area contributed by atoms with Crippen molar-refractivity contribution in [3.05, 3.63) is 38.5 Å². The van der Waals surface area contributed by atoms with E-state index in [4.69, 9.17) is 0 Å². The lowest BCUT2D eigenvalue weighted by Gasteiger charge is -2.23. The summed E-state index contributed by atoms with van der Waals surface area (Å²) >= 11 is 3.59. The molecule has 1 aliphatic carbocycles. The smallest absolute Gasteiger partial charge is 0.0794 e. The number of thiophene rings is 1. The van der Waals surface area contributed by atoms with Crippen LogP contribution in [0.5, 0.6) is 0 Å². The number of rotatable bonds is 4. The Kier molecular flexibility index (Phi) is 3.54. The summed E-state index contributed by atoms with van der Waals surface area (Å²) in [7, 11) is 0. The molecule has 0 bridgehead atoms. The molecule has 90 valence electrons. The van der Waals surface area contributed by atoms with Gasteiger partial charge in [0, 0.05) is 29.3 Å². The van der Waals surface area contributed by atoms with Crippen LogP contribution in [0.1, 0.15) is 35.0 Å². The monoisotopic (exact) mass is 264 g/mol. The fourth-order valence-electron chi connectivity index (χ4n) is 2.43. The molecule has 1 N–H and O–H groups in total. The van der Waals surface area contributed by atoms with Crippen LogP contribution in [0, 0.1) is 0 Å². The summed E-state index contributed by atoms with van der Waals surface area (Å²) in [5.74, 6) is 0. The van der Waals surface area contributed by atoms with Crippen molar-refractivity contribution in [3.63, 3.8) is 0 Å². The van der Waals surface area contributed by atoms with Crippen LogP contribution < -0.4 is 5.32 Å². The maximum Gasteiger partial charge on any atom is 0.0794 e. The van der Waals surface area contributed by atoms with Crippen molar-refractivity contribution in [1.82, 2.24) is 10.3 Å². The maximum atomic E-state index is 4.31. The summed E-state index contributed by atoms with van der Waals surface area (Å²) < 4.78 is 0. The van der Waals surface area contributed by atoms with Gasteiger partial charge in [-0.05, 0) is 36.3 Å². The van der Waals surface area contributed by atoms with Crippen LogP contribution in [0.2, 0.25) is 0 Å². The number of aryl methyl sites for hydroxylation is 1. The zero-order valence-corrected chi connectivity index (χ0v) is 11.3. The standard InChI is InChI=1S/C13H16N2S2/c1-2-12(11-5-7-17-13(11)3-1)14-6-4-10-8-16-9-15-10/h5,7-9,12,14H,1-4,6H2. The van der Waals surface area contributed by atoms with E-state index in [-0.39, 0.29) is 0 Å². The first-order valence-electron chi connectivity index (χ1n) is 6.10. The third kappa shape index (κ3) is 2.59. The maximum absolute atomic E-state index is 4.31. The van der Waals surface area contributed by atoms with E-state index < -0.39 is 0 Å². The third-order valence-corrected chi connectivity index (χ3v) is 4.94. The molecule has 2 aromatic rings. The molecular weight excluding hydrogens is 248 g/mol. The molecule has 1 aliphatic rings. The second kappa shape index (κ2) is 5.29. The SMILES string of the molecule is c1nc(CCNC2CCCc3sccc32)cs1. The minimum Gasteiger partial charge on any atom is -0.310 e. The van der Waals surface area contributed by atoms with E-state index in [9.17, 15) is 0 Å². The van der Waals surface area contributed by atoms with Crippen LogP contribution in [0.25, 0.3) is 0 Å². The largest absolute Gasteiger partial charge is 0.310 e. The van der Waals surface area contributed by atoms with Crippen molar-refractivity contribution in [1.29, 1.82) is 0 Å². The van der Waals surface area contributed by atoms with E-state index in [0.29, 0.717) is 6.04 Å². The number of fused-ring (bicyclic) bond motifs is 1. The Morgan fingerprint density at radius 2 is 2.47 bits per heavy atom. The Balaban J connectivity index is 1.57. The summed E-state index contributed by atoms with van der Waals surface area (Å²) in [5, 5.41) is 8.04. The molecule has 0 aliphatic heterocycles. The number of aromatic nitrogens is 1. The summed E-state index contributed by atoms with van der Waals surface area (Å²) in [6.07, 6.45) is 4.92. The number of nitrogens with one attached hydrogen (secondary N) is 1. The van der Waals surface area contributed by atoms with Gasteiger partial charge in [0.05, 0.1) is 11.2 Å². The topological polar surface area (TPSA) is 24.9 Å². The summed E-state index contributed by atoms with van der Waals surface area (Å²) in [6.45, 7) is 1.03. The highest BCUT2D eigenvalue weighted by Gasteiger charge is 2.20. The van der Waals surface area contributed by atoms with Crippen molar-refractivity contribution in [3.8, 4) is 0 Å². The van der Waals surface area contributed by atoms with Crippen LogP contribution in [0.4, 0.5) is 0 Å². The van der Waals surface area contributed by atoms with Crippen molar-refractivity contribution in [2.24, 2.45) is 0 Å². The highest BCUT2D eigenvalue weighted by atomic mass is 32.1. The zero-order valence-electron chi connectivity index (χ0n) is 9.69. The fourth-order valence-corrected chi connectivity index (χ4v) is 4.01. The summed E-state index contributed by atoms with van der Waals surface area (Å²) in [5.41, 5.74) is 4.66. The predicted octanol–water partition coefficient (Wildman–Crippen LogP) is 3.41. The first kappa shape index (κ1) is 11.4. The van der Waals surface area contributed by atoms with Gasteiger partial charge in [-0.25, -0.2) is 4.98 Å².